The zero-order valence-corrected chi connectivity index (χ0v) is 19.3. The maximum Gasteiger partial charge on any atom is 0.428 e. The molecule has 0 aromatic rings. The molecule has 0 aromatic heterocycles. The van der Waals surface area contributed by atoms with Gasteiger partial charge in [0, 0.05) is 31.5 Å². The molecule has 14 heteroatoms. The van der Waals surface area contributed by atoms with Crippen LogP contribution < -0.4 is 10.7 Å². The summed E-state index contributed by atoms with van der Waals surface area (Å²) in [6, 6.07) is -1.02. The van der Waals surface area contributed by atoms with Crippen LogP contribution in [-0.4, -0.2) is 77.4 Å². The van der Waals surface area contributed by atoms with Crippen molar-refractivity contribution in [1.29, 1.82) is 0 Å². The summed E-state index contributed by atoms with van der Waals surface area (Å²) in [6.07, 6.45) is -8.69. The van der Waals surface area contributed by atoms with Crippen molar-refractivity contribution in [3.8, 4) is 0 Å². The lowest BCUT2D eigenvalue weighted by atomic mass is 9.89. The lowest BCUT2D eigenvalue weighted by Gasteiger charge is -2.37. The van der Waals surface area contributed by atoms with Gasteiger partial charge in [-0.15, -0.1) is 0 Å². The number of amidine groups is 1. The number of nitrogens with one attached hydrogen (secondary N) is 2. The minimum atomic E-state index is -4.56. The molecule has 0 saturated carbocycles. The van der Waals surface area contributed by atoms with Gasteiger partial charge in [-0.3, -0.25) is 10.2 Å². The van der Waals surface area contributed by atoms with Crippen LogP contribution in [-0.2, 0) is 9.53 Å². The molecule has 1 saturated heterocycles. The fourth-order valence-electron chi connectivity index (χ4n) is 3.98. The number of ether oxygens (including phenoxy) is 1. The van der Waals surface area contributed by atoms with Gasteiger partial charge in [0.1, 0.15) is 17.6 Å². The summed E-state index contributed by atoms with van der Waals surface area (Å²) in [4.78, 5) is 27.5. The Labute approximate surface area is 198 Å². The Morgan fingerprint density at radius 3 is 2.49 bits per heavy atom. The van der Waals surface area contributed by atoms with E-state index in [1.54, 1.807) is 20.8 Å². The number of hydrogen-bond donors (Lipinski definition) is 2. The van der Waals surface area contributed by atoms with Crippen molar-refractivity contribution in [1.82, 2.24) is 20.5 Å². The average Bonchev–Trinajstić information content (AvgIpc) is 3.14. The largest absolute Gasteiger partial charge is 0.444 e. The highest BCUT2D eigenvalue weighted by atomic mass is 19.4. The molecule has 0 radical (unpaired) electrons. The minimum absolute atomic E-state index is 0.0327. The first kappa shape index (κ1) is 26.7. The summed E-state index contributed by atoms with van der Waals surface area (Å²) in [5, 5.41) is 6.14. The summed E-state index contributed by atoms with van der Waals surface area (Å²) in [5.74, 6) is -4.24. The number of amides is 2. The smallest absolute Gasteiger partial charge is 0.428 e. The third-order valence-corrected chi connectivity index (χ3v) is 5.57. The molecule has 1 aliphatic carbocycles. The maximum atomic E-state index is 14.3. The van der Waals surface area contributed by atoms with Crippen LogP contribution in [0.3, 0.4) is 0 Å². The Morgan fingerprint density at radius 1 is 1.20 bits per heavy atom. The van der Waals surface area contributed by atoms with E-state index >= 15 is 0 Å². The molecule has 0 spiro atoms. The van der Waals surface area contributed by atoms with E-state index in [0.29, 0.717) is 6.08 Å². The van der Waals surface area contributed by atoms with E-state index in [-0.39, 0.29) is 38.3 Å². The monoisotopic (exact) mass is 511 g/mol. The van der Waals surface area contributed by atoms with Gasteiger partial charge >= 0.3 is 12.3 Å². The van der Waals surface area contributed by atoms with Crippen molar-refractivity contribution in [3.05, 3.63) is 23.8 Å². The van der Waals surface area contributed by atoms with E-state index in [0.717, 1.165) is 11.0 Å². The van der Waals surface area contributed by atoms with Gasteiger partial charge < -0.3 is 19.9 Å². The number of carbonyl (C=O) groups is 2. The molecule has 2 aliphatic heterocycles. The average molecular weight is 511 g/mol. The Bertz CT molecular complexity index is 929. The molecule has 1 unspecified atom stereocenters. The number of rotatable bonds is 5. The second-order valence-electron chi connectivity index (χ2n) is 9.53. The predicted molar refractivity (Wildman–Crippen MR) is 113 cm³/mol. The number of fused-ring (bicyclic) bond motifs is 1. The van der Waals surface area contributed by atoms with E-state index < -0.39 is 59.7 Å². The summed E-state index contributed by atoms with van der Waals surface area (Å²) < 4.78 is 85.8. The molecule has 4 atom stereocenters. The van der Waals surface area contributed by atoms with Crippen molar-refractivity contribution in [3.63, 3.8) is 0 Å². The van der Waals surface area contributed by atoms with Crippen LogP contribution in [0.5, 0.6) is 0 Å². The lowest BCUT2D eigenvalue weighted by molar-refractivity contribution is -0.179. The van der Waals surface area contributed by atoms with E-state index in [2.05, 4.69) is 10.4 Å². The van der Waals surface area contributed by atoms with Crippen LogP contribution in [0.15, 0.2) is 28.9 Å². The summed E-state index contributed by atoms with van der Waals surface area (Å²) in [6.45, 7) is 4.47. The Kier molecular flexibility index (Phi) is 7.60. The Morgan fingerprint density at radius 2 is 1.86 bits per heavy atom. The zero-order chi connectivity index (χ0) is 26.1. The predicted octanol–water partition coefficient (Wildman–Crippen LogP) is 3.28. The highest BCUT2D eigenvalue weighted by molar-refractivity contribution is 5.91. The van der Waals surface area contributed by atoms with E-state index in [4.69, 9.17) is 4.74 Å². The number of hydrogen-bond acceptors (Lipinski definition) is 6. The van der Waals surface area contributed by atoms with Gasteiger partial charge in [0.2, 0.25) is 12.1 Å². The van der Waals surface area contributed by atoms with E-state index in [9.17, 15) is 35.9 Å². The number of alkyl halides is 4. The number of hydrazone groups is 1. The van der Waals surface area contributed by atoms with Crippen LogP contribution in [0.25, 0.3) is 0 Å². The molecule has 0 bridgehead atoms. The zero-order valence-electron chi connectivity index (χ0n) is 19.3. The van der Waals surface area contributed by atoms with Gasteiger partial charge in [-0.25, -0.2) is 18.0 Å². The SMILES string of the molecule is CC(C)(C)OC(=O)N[C@@H](CC(=O)N1CCN2C(=NN[C@H]2C(F)(F)F)C1)CC1C=C(F)C(F)=C[C@@H]1F. The molecular formula is C21H27F6N5O3. The van der Waals surface area contributed by atoms with Gasteiger partial charge in [-0.1, -0.05) is 0 Å². The summed E-state index contributed by atoms with van der Waals surface area (Å²) in [5.41, 5.74) is 1.14. The molecular weight excluding hydrogens is 484 g/mol. The van der Waals surface area contributed by atoms with Crippen molar-refractivity contribution in [2.45, 2.75) is 63.8 Å². The third-order valence-electron chi connectivity index (χ3n) is 5.57. The molecule has 35 heavy (non-hydrogen) atoms. The minimum Gasteiger partial charge on any atom is -0.444 e. The van der Waals surface area contributed by atoms with Crippen molar-refractivity contribution < 1.29 is 40.7 Å². The van der Waals surface area contributed by atoms with Gasteiger partial charge in [-0.2, -0.15) is 18.3 Å². The molecule has 2 N–H and O–H groups in total. The molecule has 3 rings (SSSR count). The second-order valence-corrected chi connectivity index (χ2v) is 9.53. The van der Waals surface area contributed by atoms with Crippen LogP contribution in [0.2, 0.25) is 0 Å². The van der Waals surface area contributed by atoms with Crippen LogP contribution in [0.4, 0.5) is 31.1 Å². The molecule has 2 amide bonds. The number of carbonyl (C=O) groups excluding carboxylic acids is 2. The van der Waals surface area contributed by atoms with Gasteiger partial charge in [0.15, 0.2) is 11.7 Å². The number of nitrogens with zero attached hydrogens (tertiary/aromatic N) is 3. The number of allylic oxidation sites excluding steroid dienone is 4. The Balaban J connectivity index is 1.68. The van der Waals surface area contributed by atoms with Crippen molar-refractivity contribution in [2.24, 2.45) is 11.0 Å². The van der Waals surface area contributed by atoms with E-state index in [1.165, 1.54) is 4.90 Å². The van der Waals surface area contributed by atoms with Crippen LogP contribution in [0, 0.1) is 5.92 Å². The standard InChI is InChI=1S/C21H27F6N5O3/c1-20(2,3)35-19(34)28-12(6-11-7-14(23)15(24)9-13(11)22)8-17(33)31-4-5-32-16(10-31)29-30-18(32)21(25,26)27/h7,9,11-13,18,30H,4-6,8,10H2,1-3H3,(H,28,34)/t11?,12-,13+,18-/m1/s1. The quantitative estimate of drug-likeness (QED) is 0.554. The summed E-state index contributed by atoms with van der Waals surface area (Å²) in [7, 11) is 0. The highest BCUT2D eigenvalue weighted by Crippen LogP contribution is 2.31. The third kappa shape index (κ3) is 6.82. The first-order chi connectivity index (χ1) is 16.1. The first-order valence-corrected chi connectivity index (χ1v) is 11.0. The van der Waals surface area contributed by atoms with E-state index in [1.807, 2.05) is 5.43 Å². The van der Waals surface area contributed by atoms with Gasteiger partial charge in [0.25, 0.3) is 0 Å². The van der Waals surface area contributed by atoms with Crippen LogP contribution in [0.1, 0.15) is 33.6 Å². The fraction of sp³-hybridized carbons (Fsp3) is 0.667. The second kappa shape index (κ2) is 9.97. The molecule has 1 fully saturated rings. The summed E-state index contributed by atoms with van der Waals surface area (Å²) >= 11 is 0. The Hall–Kier alpha value is -2.93. The topological polar surface area (TPSA) is 86.3 Å². The number of alkyl carbamates (subject to hydrolysis) is 1. The normalized spacial score (nSPS) is 25.6. The van der Waals surface area contributed by atoms with Gasteiger partial charge in [-0.05, 0) is 39.3 Å². The maximum absolute atomic E-state index is 14.3. The molecule has 2 heterocycles. The number of halogens is 6. The van der Waals surface area contributed by atoms with Crippen molar-refractivity contribution in [2.75, 3.05) is 19.6 Å². The molecule has 8 nitrogen and oxygen atoms in total. The number of piperazine rings is 1. The molecule has 0 aromatic carbocycles. The van der Waals surface area contributed by atoms with Gasteiger partial charge in [0.05, 0.1) is 6.54 Å². The first-order valence-electron chi connectivity index (χ1n) is 11.0. The molecule has 196 valence electrons. The van der Waals surface area contributed by atoms with Crippen molar-refractivity contribution >= 4 is 17.8 Å². The fourth-order valence-corrected chi connectivity index (χ4v) is 3.98. The highest BCUT2D eigenvalue weighted by Gasteiger charge is 2.49. The lowest BCUT2D eigenvalue weighted by Crippen LogP contribution is -2.58. The van der Waals surface area contributed by atoms with Crippen LogP contribution >= 0.6 is 0 Å². The molecule has 3 aliphatic rings.